The summed E-state index contributed by atoms with van der Waals surface area (Å²) < 4.78 is 6.64. The molecule has 1 aromatic heterocycles. The van der Waals surface area contributed by atoms with Crippen molar-refractivity contribution in [2.24, 2.45) is 0 Å². The van der Waals surface area contributed by atoms with Gasteiger partial charge in [0.15, 0.2) is 5.82 Å². The second kappa shape index (κ2) is 9.11. The summed E-state index contributed by atoms with van der Waals surface area (Å²) in [5.41, 5.74) is 3.06. The number of terminal acetylenes is 1. The number of hydrogen-bond donors (Lipinski definition) is 2. The van der Waals surface area contributed by atoms with E-state index in [1.807, 2.05) is 18.2 Å². The van der Waals surface area contributed by atoms with Gasteiger partial charge in [-0.1, -0.05) is 29.8 Å². The highest BCUT2D eigenvalue weighted by Crippen LogP contribution is 2.21. The monoisotopic (exact) mass is 438 g/mol. The number of ether oxygens (including phenoxy) is 1. The zero-order chi connectivity index (χ0) is 22.6. The van der Waals surface area contributed by atoms with Crippen LogP contribution in [0.2, 0.25) is 5.02 Å². The fourth-order valence-corrected chi connectivity index (χ4v) is 3.10. The summed E-state index contributed by atoms with van der Waals surface area (Å²) >= 11 is 6.10. The number of aromatic nitrogens is 2. The van der Waals surface area contributed by atoms with Gasteiger partial charge in [0, 0.05) is 11.4 Å². The van der Waals surface area contributed by atoms with Crippen LogP contribution in [0.15, 0.2) is 53.3 Å². The number of halogens is 1. The molecule has 0 saturated carbocycles. The molecule has 0 aliphatic rings. The highest BCUT2D eigenvalue weighted by molar-refractivity contribution is 6.31. The van der Waals surface area contributed by atoms with Gasteiger partial charge in [0.1, 0.15) is 11.6 Å². The third-order valence-corrected chi connectivity index (χ3v) is 4.43. The van der Waals surface area contributed by atoms with E-state index in [0.717, 1.165) is 0 Å². The molecule has 0 aliphatic heterocycles. The number of anilines is 1. The van der Waals surface area contributed by atoms with E-state index >= 15 is 0 Å². The molecule has 1 amide bonds. The molecular formula is C23H23ClN4O3. The highest BCUT2D eigenvalue weighted by Gasteiger charge is 2.25. The summed E-state index contributed by atoms with van der Waals surface area (Å²) in [5.74, 6) is 2.75. The SMILES string of the molecule is C#CC[C@@H](NC(=O)OC(C)(C)C)c1nc2cc(Cl)ccc2c(=O)n1Nc1ccccc1. The molecule has 2 aromatic carbocycles. The molecule has 3 rings (SSSR count). The maximum atomic E-state index is 13.3. The third-order valence-electron chi connectivity index (χ3n) is 4.20. The summed E-state index contributed by atoms with van der Waals surface area (Å²) in [6, 6.07) is 13.2. The number of nitrogens with one attached hydrogen (secondary N) is 2. The molecule has 160 valence electrons. The summed E-state index contributed by atoms with van der Waals surface area (Å²) in [6.45, 7) is 5.27. The zero-order valence-electron chi connectivity index (χ0n) is 17.5. The van der Waals surface area contributed by atoms with Crippen molar-refractivity contribution in [1.82, 2.24) is 15.0 Å². The molecule has 0 saturated heterocycles. The Balaban J connectivity index is 2.14. The van der Waals surface area contributed by atoms with Crippen molar-refractivity contribution in [2.75, 3.05) is 5.43 Å². The predicted octanol–water partition coefficient (Wildman–Crippen LogP) is 4.51. The molecule has 2 N–H and O–H groups in total. The van der Waals surface area contributed by atoms with Gasteiger partial charge in [-0.05, 0) is 51.1 Å². The van der Waals surface area contributed by atoms with E-state index < -0.39 is 17.7 Å². The van der Waals surface area contributed by atoms with Gasteiger partial charge in [0.2, 0.25) is 0 Å². The standard InChI is InChI=1S/C23H23ClN4O3/c1-5-9-18(26-22(30)31-23(2,3)4)20-25-19-14-15(24)12-13-17(19)21(29)28(20)27-16-10-7-6-8-11-16/h1,6-8,10-14,18,27H,9H2,2-4H3,(H,26,30)/t18-/m1/s1. The number of benzene rings is 2. The molecule has 7 nitrogen and oxygen atoms in total. The minimum Gasteiger partial charge on any atom is -0.444 e. The van der Waals surface area contributed by atoms with Gasteiger partial charge in [-0.25, -0.2) is 14.5 Å². The minimum atomic E-state index is -0.785. The lowest BCUT2D eigenvalue weighted by atomic mass is 10.1. The van der Waals surface area contributed by atoms with E-state index in [1.165, 1.54) is 4.68 Å². The van der Waals surface area contributed by atoms with E-state index in [9.17, 15) is 9.59 Å². The lowest BCUT2D eigenvalue weighted by Gasteiger charge is -2.24. The van der Waals surface area contributed by atoms with Crippen molar-refractivity contribution in [3.8, 4) is 12.3 Å². The van der Waals surface area contributed by atoms with Crippen LogP contribution in [0.5, 0.6) is 0 Å². The van der Waals surface area contributed by atoms with Crippen molar-refractivity contribution < 1.29 is 9.53 Å². The van der Waals surface area contributed by atoms with Crippen LogP contribution in [-0.4, -0.2) is 21.4 Å². The molecule has 0 unspecified atom stereocenters. The zero-order valence-corrected chi connectivity index (χ0v) is 18.2. The van der Waals surface area contributed by atoms with E-state index in [0.29, 0.717) is 21.6 Å². The third kappa shape index (κ3) is 5.56. The smallest absolute Gasteiger partial charge is 0.408 e. The number of amides is 1. The topological polar surface area (TPSA) is 85.2 Å². The molecule has 0 radical (unpaired) electrons. The number of para-hydroxylation sites is 1. The molecule has 0 spiro atoms. The first kappa shape index (κ1) is 22.2. The van der Waals surface area contributed by atoms with Crippen LogP contribution >= 0.6 is 11.6 Å². The maximum absolute atomic E-state index is 13.3. The Kier molecular flexibility index (Phi) is 6.52. The van der Waals surface area contributed by atoms with E-state index in [1.54, 1.807) is 51.1 Å². The van der Waals surface area contributed by atoms with Gasteiger partial charge in [-0.2, -0.15) is 0 Å². The van der Waals surface area contributed by atoms with Crippen molar-refractivity contribution in [3.63, 3.8) is 0 Å². The van der Waals surface area contributed by atoms with Crippen molar-refractivity contribution in [2.45, 2.75) is 38.8 Å². The molecule has 0 aliphatic carbocycles. The van der Waals surface area contributed by atoms with Gasteiger partial charge in [0.05, 0.1) is 16.6 Å². The Bertz CT molecular complexity index is 1190. The van der Waals surface area contributed by atoms with Gasteiger partial charge in [-0.15, -0.1) is 12.3 Å². The molecule has 0 bridgehead atoms. The van der Waals surface area contributed by atoms with Crippen LogP contribution in [0.4, 0.5) is 10.5 Å². The number of rotatable bonds is 5. The van der Waals surface area contributed by atoms with Crippen LogP contribution in [0.1, 0.15) is 39.1 Å². The highest BCUT2D eigenvalue weighted by atomic mass is 35.5. The summed E-state index contributed by atoms with van der Waals surface area (Å²) in [5, 5.41) is 3.53. The fraction of sp³-hybridized carbons (Fsp3) is 0.261. The Morgan fingerprint density at radius 2 is 1.97 bits per heavy atom. The van der Waals surface area contributed by atoms with Crippen LogP contribution in [0.25, 0.3) is 10.9 Å². The number of fused-ring (bicyclic) bond motifs is 1. The number of carbonyl (C=O) groups is 1. The Morgan fingerprint density at radius 3 is 2.61 bits per heavy atom. The first-order valence-corrected chi connectivity index (χ1v) is 10.0. The van der Waals surface area contributed by atoms with E-state index in [-0.39, 0.29) is 17.8 Å². The van der Waals surface area contributed by atoms with Crippen molar-refractivity contribution in [3.05, 3.63) is 69.7 Å². The summed E-state index contributed by atoms with van der Waals surface area (Å²) in [7, 11) is 0. The lowest BCUT2D eigenvalue weighted by molar-refractivity contribution is 0.0501. The lowest BCUT2D eigenvalue weighted by Crippen LogP contribution is -2.39. The van der Waals surface area contributed by atoms with Gasteiger partial charge in [-0.3, -0.25) is 10.2 Å². The predicted molar refractivity (Wildman–Crippen MR) is 122 cm³/mol. The number of alkyl carbamates (subject to hydrolysis) is 1. The quantitative estimate of drug-likeness (QED) is 0.572. The van der Waals surface area contributed by atoms with Crippen LogP contribution in [0, 0.1) is 12.3 Å². The van der Waals surface area contributed by atoms with E-state index in [2.05, 4.69) is 21.6 Å². The van der Waals surface area contributed by atoms with Crippen LogP contribution in [0.3, 0.4) is 0 Å². The van der Waals surface area contributed by atoms with Gasteiger partial charge >= 0.3 is 6.09 Å². The Labute approximate surface area is 185 Å². The molecular weight excluding hydrogens is 416 g/mol. The van der Waals surface area contributed by atoms with Crippen LogP contribution in [-0.2, 0) is 4.74 Å². The fourth-order valence-electron chi connectivity index (χ4n) is 2.93. The number of carbonyl (C=O) groups excluding carboxylic acids is 1. The normalized spacial score (nSPS) is 12.1. The molecule has 31 heavy (non-hydrogen) atoms. The second-order valence-corrected chi connectivity index (χ2v) is 8.29. The van der Waals surface area contributed by atoms with Crippen molar-refractivity contribution in [1.29, 1.82) is 0 Å². The number of hydrogen-bond acceptors (Lipinski definition) is 5. The summed E-state index contributed by atoms with van der Waals surface area (Å²) in [4.78, 5) is 30.4. The average molecular weight is 439 g/mol. The molecule has 3 aromatic rings. The maximum Gasteiger partial charge on any atom is 0.408 e. The summed E-state index contributed by atoms with van der Waals surface area (Å²) in [6.07, 6.45) is 4.97. The Hall–Kier alpha value is -3.50. The minimum absolute atomic E-state index is 0.0915. The van der Waals surface area contributed by atoms with Gasteiger partial charge < -0.3 is 10.1 Å². The van der Waals surface area contributed by atoms with E-state index in [4.69, 9.17) is 22.8 Å². The first-order chi connectivity index (χ1) is 14.7. The second-order valence-electron chi connectivity index (χ2n) is 7.86. The molecule has 1 atom stereocenters. The molecule has 8 heteroatoms. The van der Waals surface area contributed by atoms with Crippen LogP contribution < -0.4 is 16.3 Å². The van der Waals surface area contributed by atoms with Crippen molar-refractivity contribution >= 4 is 34.3 Å². The molecule has 0 fully saturated rings. The van der Waals surface area contributed by atoms with Gasteiger partial charge in [0.25, 0.3) is 5.56 Å². The largest absolute Gasteiger partial charge is 0.444 e. The Morgan fingerprint density at radius 1 is 1.26 bits per heavy atom. The molecule has 1 heterocycles. The number of nitrogens with zero attached hydrogens (tertiary/aromatic N) is 2. The average Bonchev–Trinajstić information content (AvgIpc) is 2.69. The first-order valence-electron chi connectivity index (χ1n) is 9.65.